The number of hydrogen-bond donors (Lipinski definition) is 1. The van der Waals surface area contributed by atoms with Crippen LogP contribution in [0.4, 0.5) is 5.69 Å². The van der Waals surface area contributed by atoms with E-state index in [1.807, 2.05) is 36.4 Å². The van der Waals surface area contributed by atoms with E-state index >= 15 is 0 Å². The van der Waals surface area contributed by atoms with Crippen LogP contribution in [0.1, 0.15) is 36.8 Å². The fourth-order valence-corrected chi connectivity index (χ4v) is 2.47. The number of carbonyl (C=O) groups excluding carboxylic acids is 2. The Hall–Kier alpha value is -2.69. The van der Waals surface area contributed by atoms with Gasteiger partial charge >= 0.3 is 5.97 Å². The van der Waals surface area contributed by atoms with Crippen molar-refractivity contribution in [2.75, 3.05) is 12.4 Å². The molecule has 5 heteroatoms. The molecule has 1 amide bonds. The summed E-state index contributed by atoms with van der Waals surface area (Å²) in [5.74, 6) is -0.267. The van der Waals surface area contributed by atoms with Crippen LogP contribution < -0.4 is 5.32 Å². The smallest absolute Gasteiger partial charge is 0.305 e. The van der Waals surface area contributed by atoms with Crippen LogP contribution in [0.5, 0.6) is 0 Å². The molecular weight excluding hydrogens is 316 g/mol. The Morgan fingerprint density at radius 1 is 0.920 bits per heavy atom. The van der Waals surface area contributed by atoms with E-state index in [1.165, 1.54) is 18.2 Å². The van der Waals surface area contributed by atoms with Gasteiger partial charge in [0.15, 0.2) is 0 Å². The average molecular weight is 340 g/mol. The van der Waals surface area contributed by atoms with E-state index in [1.54, 1.807) is 12.4 Å². The van der Waals surface area contributed by atoms with Gasteiger partial charge in [-0.2, -0.15) is 0 Å². The van der Waals surface area contributed by atoms with Crippen molar-refractivity contribution in [1.29, 1.82) is 0 Å². The maximum absolute atomic E-state index is 11.9. The van der Waals surface area contributed by atoms with Crippen LogP contribution in [0, 0.1) is 0 Å². The molecule has 0 saturated heterocycles. The van der Waals surface area contributed by atoms with Gasteiger partial charge in [-0.1, -0.05) is 12.1 Å². The van der Waals surface area contributed by atoms with Gasteiger partial charge in [-0.05, 0) is 61.1 Å². The van der Waals surface area contributed by atoms with Crippen LogP contribution in [0.2, 0.25) is 0 Å². The normalized spacial score (nSPS) is 10.3. The van der Waals surface area contributed by atoms with Gasteiger partial charge in [-0.25, -0.2) is 0 Å². The zero-order valence-corrected chi connectivity index (χ0v) is 14.5. The van der Waals surface area contributed by atoms with Crippen molar-refractivity contribution in [3.63, 3.8) is 0 Å². The molecule has 132 valence electrons. The predicted octanol–water partition coefficient (Wildman–Crippen LogP) is 3.54. The van der Waals surface area contributed by atoms with E-state index in [-0.39, 0.29) is 11.9 Å². The average Bonchev–Trinajstić information content (AvgIpc) is 2.65. The highest BCUT2D eigenvalue weighted by molar-refractivity contribution is 5.90. The number of benzene rings is 1. The first-order valence-corrected chi connectivity index (χ1v) is 8.52. The molecule has 1 N–H and O–H groups in total. The molecule has 0 aliphatic rings. The number of rotatable bonds is 9. The van der Waals surface area contributed by atoms with Crippen LogP contribution in [0.15, 0.2) is 48.8 Å². The Morgan fingerprint density at radius 2 is 1.52 bits per heavy atom. The van der Waals surface area contributed by atoms with Gasteiger partial charge in [0, 0.05) is 30.9 Å². The Balaban J connectivity index is 1.70. The summed E-state index contributed by atoms with van der Waals surface area (Å²) in [7, 11) is 1.37. The molecule has 5 nitrogen and oxygen atoms in total. The van der Waals surface area contributed by atoms with Crippen LogP contribution in [-0.4, -0.2) is 24.0 Å². The number of hydrogen-bond acceptors (Lipinski definition) is 4. The van der Waals surface area contributed by atoms with Gasteiger partial charge in [-0.3, -0.25) is 14.6 Å². The van der Waals surface area contributed by atoms with Crippen molar-refractivity contribution in [3.05, 3.63) is 59.9 Å². The maximum Gasteiger partial charge on any atom is 0.305 e. The van der Waals surface area contributed by atoms with Gasteiger partial charge in [0.1, 0.15) is 0 Å². The van der Waals surface area contributed by atoms with E-state index in [0.717, 1.165) is 18.5 Å². The molecule has 0 aliphatic carbocycles. The number of esters is 1. The van der Waals surface area contributed by atoms with Crippen molar-refractivity contribution in [3.8, 4) is 0 Å². The second-order valence-corrected chi connectivity index (χ2v) is 5.88. The molecule has 0 fully saturated rings. The predicted molar refractivity (Wildman–Crippen MR) is 97.2 cm³/mol. The molecule has 1 heterocycles. The Labute approximate surface area is 148 Å². The van der Waals surface area contributed by atoms with Crippen LogP contribution in [0.3, 0.4) is 0 Å². The van der Waals surface area contributed by atoms with Crippen molar-refractivity contribution >= 4 is 17.6 Å². The summed E-state index contributed by atoms with van der Waals surface area (Å²) >= 11 is 0. The lowest BCUT2D eigenvalue weighted by Gasteiger charge is -2.07. The molecule has 0 unspecified atom stereocenters. The van der Waals surface area contributed by atoms with Gasteiger partial charge in [-0.15, -0.1) is 0 Å². The molecule has 0 saturated carbocycles. The second-order valence-electron chi connectivity index (χ2n) is 5.88. The van der Waals surface area contributed by atoms with Gasteiger partial charge in [0.25, 0.3) is 0 Å². The second kappa shape index (κ2) is 10.2. The van der Waals surface area contributed by atoms with E-state index < -0.39 is 0 Å². The third-order valence-electron chi connectivity index (χ3n) is 3.95. The van der Waals surface area contributed by atoms with Gasteiger partial charge in [0.05, 0.1) is 7.11 Å². The van der Waals surface area contributed by atoms with E-state index in [0.29, 0.717) is 25.7 Å². The first-order chi connectivity index (χ1) is 12.2. The molecule has 1 aromatic carbocycles. The molecule has 2 aromatic rings. The number of pyridine rings is 1. The number of nitrogens with one attached hydrogen (secondary N) is 1. The summed E-state index contributed by atoms with van der Waals surface area (Å²) in [6, 6.07) is 12.0. The highest BCUT2D eigenvalue weighted by Crippen LogP contribution is 2.13. The van der Waals surface area contributed by atoms with Crippen LogP contribution >= 0.6 is 0 Å². The SMILES string of the molecule is COC(=O)CCCCC(=O)Nc1ccc(CCc2ccncc2)cc1. The number of unbranched alkanes of at least 4 members (excludes halogenated alkanes) is 1. The molecule has 25 heavy (non-hydrogen) atoms. The van der Waals surface area contributed by atoms with Crippen LogP contribution in [0.25, 0.3) is 0 Å². The summed E-state index contributed by atoms with van der Waals surface area (Å²) in [6.45, 7) is 0. The molecule has 0 aliphatic heterocycles. The summed E-state index contributed by atoms with van der Waals surface area (Å²) < 4.78 is 4.57. The standard InChI is InChI=1S/C20H24N2O3/c1-25-20(24)5-3-2-4-19(23)22-18-10-8-16(9-11-18)6-7-17-12-14-21-15-13-17/h8-15H,2-7H2,1H3,(H,22,23). The number of ether oxygens (including phenoxy) is 1. The van der Waals surface area contributed by atoms with Crippen molar-refractivity contribution < 1.29 is 14.3 Å². The highest BCUT2D eigenvalue weighted by Gasteiger charge is 2.05. The number of methoxy groups -OCH3 is 1. The lowest BCUT2D eigenvalue weighted by molar-refractivity contribution is -0.140. The molecule has 0 spiro atoms. The molecule has 1 aromatic heterocycles. The van der Waals surface area contributed by atoms with Crippen molar-refractivity contribution in [2.45, 2.75) is 38.5 Å². The van der Waals surface area contributed by atoms with E-state index in [2.05, 4.69) is 15.0 Å². The molecule has 2 rings (SSSR count). The maximum atomic E-state index is 11.9. The summed E-state index contributed by atoms with van der Waals surface area (Å²) in [5.41, 5.74) is 3.29. The van der Waals surface area contributed by atoms with Gasteiger partial charge < -0.3 is 10.1 Å². The number of anilines is 1. The monoisotopic (exact) mass is 340 g/mol. The van der Waals surface area contributed by atoms with E-state index in [9.17, 15) is 9.59 Å². The fourth-order valence-electron chi connectivity index (χ4n) is 2.47. The van der Waals surface area contributed by atoms with E-state index in [4.69, 9.17) is 0 Å². The van der Waals surface area contributed by atoms with Crippen molar-refractivity contribution in [1.82, 2.24) is 4.98 Å². The van der Waals surface area contributed by atoms with Crippen molar-refractivity contribution in [2.24, 2.45) is 0 Å². The van der Waals surface area contributed by atoms with Crippen LogP contribution in [-0.2, 0) is 27.2 Å². The minimum absolute atomic E-state index is 0.0330. The summed E-state index contributed by atoms with van der Waals surface area (Å²) in [4.78, 5) is 26.9. The lowest BCUT2D eigenvalue weighted by atomic mass is 10.1. The lowest BCUT2D eigenvalue weighted by Crippen LogP contribution is -2.11. The summed E-state index contributed by atoms with van der Waals surface area (Å²) in [6.07, 6.45) is 7.62. The topological polar surface area (TPSA) is 68.3 Å². The number of nitrogens with zero attached hydrogens (tertiary/aromatic N) is 1. The first-order valence-electron chi connectivity index (χ1n) is 8.52. The number of aryl methyl sites for hydroxylation is 2. The quantitative estimate of drug-likeness (QED) is 0.560. The molecule has 0 radical (unpaired) electrons. The molecular formula is C20H24N2O3. The largest absolute Gasteiger partial charge is 0.469 e. The highest BCUT2D eigenvalue weighted by atomic mass is 16.5. The number of amides is 1. The first kappa shape index (κ1) is 18.6. The summed E-state index contributed by atoms with van der Waals surface area (Å²) in [5, 5.41) is 2.88. The van der Waals surface area contributed by atoms with Gasteiger partial charge in [0.2, 0.25) is 5.91 Å². The minimum Gasteiger partial charge on any atom is -0.469 e. The fraction of sp³-hybridized carbons (Fsp3) is 0.350. The zero-order valence-electron chi connectivity index (χ0n) is 14.5. The Bertz CT molecular complexity index is 669. The number of carbonyl (C=O) groups is 2. The zero-order chi connectivity index (χ0) is 17.9. The molecule has 0 atom stereocenters. The molecule has 0 bridgehead atoms. The Morgan fingerprint density at radius 3 is 2.16 bits per heavy atom. The number of aromatic nitrogens is 1. The third-order valence-corrected chi connectivity index (χ3v) is 3.95. The third kappa shape index (κ3) is 7.16. The Kier molecular flexibility index (Phi) is 7.63. The minimum atomic E-state index is -0.234.